The molecule has 2 aliphatic carbocycles. The minimum Gasteiger partial charge on any atom is -0.455 e. The fourth-order valence-corrected chi connectivity index (χ4v) is 8.36. The van der Waals surface area contributed by atoms with Gasteiger partial charge in [0.05, 0.1) is 22.5 Å². The quantitative estimate of drug-likeness (QED) is 0.197. The van der Waals surface area contributed by atoms with Crippen LogP contribution in [-0.2, 0) is 10.8 Å². The van der Waals surface area contributed by atoms with Crippen molar-refractivity contribution in [3.8, 4) is 45.0 Å². The molecule has 4 heteroatoms. The van der Waals surface area contributed by atoms with Gasteiger partial charge in [-0.1, -0.05) is 107 Å². The third kappa shape index (κ3) is 3.45. The van der Waals surface area contributed by atoms with E-state index in [1.165, 1.54) is 38.9 Å². The summed E-state index contributed by atoms with van der Waals surface area (Å²) in [5, 5.41) is 3.19. The molecule has 8 aromatic rings. The highest BCUT2D eigenvalue weighted by molar-refractivity contribution is 6.17. The first kappa shape index (κ1) is 26.6. The van der Waals surface area contributed by atoms with Gasteiger partial charge >= 0.3 is 0 Å². The predicted molar refractivity (Wildman–Crippen MR) is 191 cm³/mol. The van der Waals surface area contributed by atoms with Crippen molar-refractivity contribution in [1.29, 1.82) is 0 Å². The average Bonchev–Trinajstić information content (AvgIpc) is 3.67. The summed E-state index contributed by atoms with van der Waals surface area (Å²) in [4.78, 5) is 15.3. The first-order valence-corrected chi connectivity index (χ1v) is 16.3. The molecule has 0 saturated carbocycles. The highest BCUT2D eigenvalue weighted by atomic mass is 16.3. The van der Waals surface area contributed by atoms with Gasteiger partial charge < -0.3 is 4.42 Å². The molecule has 0 atom stereocenters. The van der Waals surface area contributed by atoms with E-state index in [0.29, 0.717) is 5.82 Å². The molecule has 0 N–H and O–H groups in total. The van der Waals surface area contributed by atoms with Gasteiger partial charge in [-0.3, -0.25) is 4.98 Å². The van der Waals surface area contributed by atoms with E-state index in [1.54, 1.807) is 0 Å². The van der Waals surface area contributed by atoms with Crippen molar-refractivity contribution >= 4 is 32.8 Å². The Morgan fingerprint density at radius 3 is 2.21 bits per heavy atom. The summed E-state index contributed by atoms with van der Waals surface area (Å²) in [5.74, 6) is 0.655. The third-order valence-corrected chi connectivity index (χ3v) is 10.8. The van der Waals surface area contributed by atoms with Crippen LogP contribution in [0.3, 0.4) is 0 Å². The third-order valence-electron chi connectivity index (χ3n) is 10.8. The Balaban J connectivity index is 1.21. The number of benzene rings is 5. The molecule has 224 valence electrons. The lowest BCUT2D eigenvalue weighted by molar-refractivity contribution is 0.656. The zero-order valence-corrected chi connectivity index (χ0v) is 26.7. The van der Waals surface area contributed by atoms with Gasteiger partial charge in [-0.2, -0.15) is 0 Å². The van der Waals surface area contributed by atoms with E-state index < -0.39 is 0 Å². The van der Waals surface area contributed by atoms with E-state index in [-0.39, 0.29) is 10.8 Å². The van der Waals surface area contributed by atoms with Gasteiger partial charge in [0, 0.05) is 44.3 Å². The van der Waals surface area contributed by atoms with Crippen molar-refractivity contribution in [1.82, 2.24) is 15.0 Å². The average molecular weight is 606 g/mol. The number of furan rings is 1. The number of hydrogen-bond donors (Lipinski definition) is 0. The van der Waals surface area contributed by atoms with Crippen LogP contribution >= 0.6 is 0 Å². The van der Waals surface area contributed by atoms with Crippen LogP contribution in [0.25, 0.3) is 77.9 Å². The summed E-state index contributed by atoms with van der Waals surface area (Å²) in [5.41, 5.74) is 15.2. The van der Waals surface area contributed by atoms with Crippen LogP contribution in [-0.4, -0.2) is 15.0 Å². The standard InChI is InChI=1S/C43H31N3O/c1-42(2)30-15-7-5-11-25(30)26-19-18-24(23-33(26)42)38-27-12-6-8-17-34(27)45-41(46-38)29-14-9-13-28-36-35(47-40(28)29)21-20-31-37(36)39-32(43(31,3)4)16-10-22-44-39/h5-23H,1-4H3. The molecule has 0 unspecified atom stereocenters. The van der Waals surface area contributed by atoms with Crippen molar-refractivity contribution in [3.63, 3.8) is 0 Å². The second-order valence-electron chi connectivity index (χ2n) is 14.0. The number of aromatic nitrogens is 3. The molecule has 3 heterocycles. The molecule has 0 saturated heterocycles. The number of rotatable bonds is 2. The lowest BCUT2D eigenvalue weighted by atomic mass is 9.82. The summed E-state index contributed by atoms with van der Waals surface area (Å²) in [6.45, 7) is 9.20. The number of hydrogen-bond acceptors (Lipinski definition) is 4. The molecule has 3 aromatic heterocycles. The van der Waals surface area contributed by atoms with Crippen LogP contribution in [0.4, 0.5) is 0 Å². The van der Waals surface area contributed by atoms with Gasteiger partial charge in [0.25, 0.3) is 0 Å². The monoisotopic (exact) mass is 605 g/mol. The zero-order valence-electron chi connectivity index (χ0n) is 26.7. The number of para-hydroxylation sites is 2. The fraction of sp³-hybridized carbons (Fsp3) is 0.140. The lowest BCUT2D eigenvalue weighted by Gasteiger charge is -2.22. The minimum absolute atomic E-state index is 0.101. The minimum atomic E-state index is -0.142. The molecular weight excluding hydrogens is 574 g/mol. The molecule has 4 nitrogen and oxygen atoms in total. The highest BCUT2D eigenvalue weighted by Crippen LogP contribution is 2.53. The summed E-state index contributed by atoms with van der Waals surface area (Å²) in [7, 11) is 0. The van der Waals surface area contributed by atoms with Crippen molar-refractivity contribution < 1.29 is 4.42 Å². The summed E-state index contributed by atoms with van der Waals surface area (Å²) >= 11 is 0. The number of fused-ring (bicyclic) bond motifs is 11. The molecule has 0 fully saturated rings. The fourth-order valence-electron chi connectivity index (χ4n) is 8.36. The second kappa shape index (κ2) is 9.01. The predicted octanol–water partition coefficient (Wildman–Crippen LogP) is 10.9. The van der Waals surface area contributed by atoms with Gasteiger partial charge in [0.2, 0.25) is 0 Å². The van der Waals surface area contributed by atoms with E-state index >= 15 is 0 Å². The summed E-state index contributed by atoms with van der Waals surface area (Å²) < 4.78 is 6.72. The molecule has 0 radical (unpaired) electrons. The maximum Gasteiger partial charge on any atom is 0.164 e. The molecule has 47 heavy (non-hydrogen) atoms. The maximum absolute atomic E-state index is 6.72. The van der Waals surface area contributed by atoms with E-state index in [9.17, 15) is 0 Å². The topological polar surface area (TPSA) is 51.8 Å². The van der Waals surface area contributed by atoms with Gasteiger partial charge in [-0.05, 0) is 63.7 Å². The van der Waals surface area contributed by atoms with E-state index in [4.69, 9.17) is 19.4 Å². The Labute approximate surface area is 272 Å². The molecular formula is C43H31N3O. The van der Waals surface area contributed by atoms with Crippen LogP contribution in [0, 0.1) is 0 Å². The van der Waals surface area contributed by atoms with Gasteiger partial charge in [0.15, 0.2) is 5.82 Å². The molecule has 0 aliphatic heterocycles. The van der Waals surface area contributed by atoms with Gasteiger partial charge in [-0.15, -0.1) is 0 Å². The lowest BCUT2D eigenvalue weighted by Crippen LogP contribution is -2.15. The van der Waals surface area contributed by atoms with Crippen LogP contribution in [0.15, 0.2) is 120 Å². The Hall–Kier alpha value is -5.61. The second-order valence-corrected chi connectivity index (χ2v) is 14.0. The van der Waals surface area contributed by atoms with Crippen molar-refractivity contribution in [2.24, 2.45) is 0 Å². The Kier molecular flexibility index (Phi) is 5.10. The van der Waals surface area contributed by atoms with Crippen LogP contribution in [0.1, 0.15) is 49.9 Å². The zero-order chi connectivity index (χ0) is 31.7. The molecule has 10 rings (SSSR count). The molecule has 0 amide bonds. The number of nitrogens with zero attached hydrogens (tertiary/aromatic N) is 3. The maximum atomic E-state index is 6.72. The highest BCUT2D eigenvalue weighted by Gasteiger charge is 2.39. The van der Waals surface area contributed by atoms with E-state index in [1.807, 2.05) is 18.3 Å². The summed E-state index contributed by atoms with van der Waals surface area (Å²) in [6.07, 6.45) is 1.89. The van der Waals surface area contributed by atoms with Gasteiger partial charge in [-0.25, -0.2) is 9.97 Å². The largest absolute Gasteiger partial charge is 0.455 e. The van der Waals surface area contributed by atoms with Crippen LogP contribution in [0.5, 0.6) is 0 Å². The summed E-state index contributed by atoms with van der Waals surface area (Å²) in [6, 6.07) is 38.8. The van der Waals surface area contributed by atoms with Crippen LogP contribution in [0.2, 0.25) is 0 Å². The molecule has 5 aromatic carbocycles. The Morgan fingerprint density at radius 2 is 1.30 bits per heavy atom. The number of pyridine rings is 1. The van der Waals surface area contributed by atoms with Crippen molar-refractivity contribution in [2.45, 2.75) is 38.5 Å². The SMILES string of the molecule is CC1(C)c2ccccc2-c2ccc(-c3nc(-c4cccc5c4oc4ccc6c(c45)-c4ncccc4C6(C)C)nc4ccccc34)cc21. The van der Waals surface area contributed by atoms with Gasteiger partial charge in [0.1, 0.15) is 11.2 Å². The Morgan fingerprint density at radius 1 is 0.553 bits per heavy atom. The first-order valence-electron chi connectivity index (χ1n) is 16.3. The normalized spacial score (nSPS) is 15.1. The van der Waals surface area contributed by atoms with Crippen molar-refractivity contribution in [3.05, 3.63) is 138 Å². The van der Waals surface area contributed by atoms with Crippen LogP contribution < -0.4 is 0 Å². The van der Waals surface area contributed by atoms with E-state index in [0.717, 1.165) is 55.4 Å². The molecule has 0 bridgehead atoms. The van der Waals surface area contributed by atoms with Crippen molar-refractivity contribution in [2.75, 3.05) is 0 Å². The smallest absolute Gasteiger partial charge is 0.164 e. The first-order chi connectivity index (χ1) is 22.8. The molecule has 2 aliphatic rings. The molecule has 0 spiro atoms. The van der Waals surface area contributed by atoms with E-state index in [2.05, 4.69) is 125 Å². The Bertz CT molecular complexity index is 2640.